The van der Waals surface area contributed by atoms with Crippen LogP contribution in [-0.4, -0.2) is 8.80 Å². The van der Waals surface area contributed by atoms with E-state index in [0.29, 0.717) is 0 Å². The summed E-state index contributed by atoms with van der Waals surface area (Å²) in [7, 11) is 0. The summed E-state index contributed by atoms with van der Waals surface area (Å²) < 4.78 is 11.6. The molecule has 0 fully saturated rings. The fourth-order valence-electron chi connectivity index (χ4n) is 10.5. The van der Waals surface area contributed by atoms with Crippen molar-refractivity contribution in [2.45, 2.75) is 0 Å². The minimum absolute atomic E-state index is 0.858. The van der Waals surface area contributed by atoms with Crippen LogP contribution in [0.4, 0.5) is 17.1 Å². The number of fused-ring (bicyclic) bond motifs is 15. The average Bonchev–Trinajstić information content (AvgIpc) is 3.97. The number of furan rings is 1. The largest absolute Gasteiger partial charge is 0.456 e. The molecule has 60 heavy (non-hydrogen) atoms. The number of anilines is 3. The second-order valence-electron chi connectivity index (χ2n) is 16.0. The average molecular weight is 764 g/mol. The van der Waals surface area contributed by atoms with Crippen molar-refractivity contribution in [2.24, 2.45) is 0 Å². The fourth-order valence-corrected chi connectivity index (χ4v) is 10.5. The first-order valence-corrected chi connectivity index (χ1v) is 20.6. The van der Waals surface area contributed by atoms with Gasteiger partial charge in [0, 0.05) is 60.7 Å². The monoisotopic (exact) mass is 763 g/mol. The number of para-hydroxylation sites is 3. The smallest absolute Gasteiger partial charge is 0.137 e. The standard InChI is InChI=1S/C56H33N3O/c1-2-14-34(15-3-1)53-43-21-6-4-16-37(43)38-17-5-7-22-44(38)54(53)57(36-26-28-42-41-20-10-13-25-51(41)60-52(42)33-36)35-27-31-49-50(32-35)59-48-24-12-9-19-40(48)46-30-29-45-39-18-8-11-23-47(39)58(49)55(45)56(46)59/h1-33H. The first-order chi connectivity index (χ1) is 29.8. The Morgan fingerprint density at radius 2 is 0.817 bits per heavy atom. The Bertz CT molecular complexity index is 4070. The van der Waals surface area contributed by atoms with E-state index in [2.05, 4.69) is 208 Å². The molecule has 0 radical (unpaired) electrons. The molecule has 4 heterocycles. The van der Waals surface area contributed by atoms with Gasteiger partial charge in [-0.05, 0) is 70.3 Å². The third kappa shape index (κ3) is 4.14. The molecule has 0 unspecified atom stereocenters. The van der Waals surface area contributed by atoms with E-state index in [4.69, 9.17) is 4.42 Å². The van der Waals surface area contributed by atoms with Crippen LogP contribution in [0.5, 0.6) is 0 Å². The Morgan fingerprint density at radius 1 is 0.317 bits per heavy atom. The number of aromatic nitrogens is 2. The van der Waals surface area contributed by atoms with Crippen LogP contribution < -0.4 is 4.90 Å². The third-order valence-corrected chi connectivity index (χ3v) is 13.0. The van der Waals surface area contributed by atoms with Gasteiger partial charge < -0.3 is 18.1 Å². The van der Waals surface area contributed by atoms with Crippen LogP contribution in [-0.2, 0) is 0 Å². The van der Waals surface area contributed by atoms with Gasteiger partial charge in [-0.25, -0.2) is 0 Å². The highest BCUT2D eigenvalue weighted by Crippen LogP contribution is 2.51. The zero-order valence-electron chi connectivity index (χ0n) is 32.3. The van der Waals surface area contributed by atoms with Crippen LogP contribution >= 0.6 is 0 Å². The molecule has 14 rings (SSSR count). The van der Waals surface area contributed by atoms with Crippen LogP contribution in [0.25, 0.3) is 109 Å². The number of rotatable bonds is 4. The molecule has 0 saturated heterocycles. The lowest BCUT2D eigenvalue weighted by molar-refractivity contribution is 0.669. The molecule has 0 N–H and O–H groups in total. The first-order valence-electron chi connectivity index (χ1n) is 20.6. The second-order valence-corrected chi connectivity index (χ2v) is 16.0. The maximum atomic E-state index is 6.62. The van der Waals surface area contributed by atoms with Crippen molar-refractivity contribution in [1.82, 2.24) is 8.80 Å². The van der Waals surface area contributed by atoms with Crippen LogP contribution in [0.15, 0.2) is 205 Å². The molecule has 4 nitrogen and oxygen atoms in total. The molecule has 0 amide bonds. The molecule has 0 saturated carbocycles. The Morgan fingerprint density at radius 3 is 1.53 bits per heavy atom. The number of hydrogen-bond acceptors (Lipinski definition) is 2. The summed E-state index contributed by atoms with van der Waals surface area (Å²) in [5, 5.41) is 12.1. The van der Waals surface area contributed by atoms with Gasteiger partial charge in [0.15, 0.2) is 0 Å². The molecule has 0 aliphatic heterocycles. The van der Waals surface area contributed by atoms with Gasteiger partial charge in [0.05, 0.1) is 38.8 Å². The van der Waals surface area contributed by atoms with Crippen LogP contribution in [0.1, 0.15) is 0 Å². The molecule has 0 aliphatic rings. The quantitative estimate of drug-likeness (QED) is 0.132. The van der Waals surface area contributed by atoms with Gasteiger partial charge in [0.25, 0.3) is 0 Å². The molecular weight excluding hydrogens is 731 g/mol. The Hall–Kier alpha value is -8.08. The van der Waals surface area contributed by atoms with Crippen LogP contribution in [0.2, 0.25) is 0 Å². The molecule has 278 valence electrons. The SMILES string of the molecule is c1ccc(-c2c(N(c3ccc4c(c3)oc3ccccc34)c3ccc4c(c3)n3c5ccccc5c5ccc6c7ccccc7n4c6c53)c3ccccc3c3ccccc23)cc1. The van der Waals surface area contributed by atoms with Crippen molar-refractivity contribution >= 4 is 115 Å². The maximum Gasteiger partial charge on any atom is 0.137 e. The zero-order valence-corrected chi connectivity index (χ0v) is 32.3. The maximum absolute atomic E-state index is 6.62. The normalized spacial score (nSPS) is 12.3. The lowest BCUT2D eigenvalue weighted by atomic mass is 9.90. The van der Waals surface area contributed by atoms with E-state index in [1.807, 2.05) is 6.07 Å². The highest BCUT2D eigenvalue weighted by molar-refractivity contribution is 6.26. The summed E-state index contributed by atoms with van der Waals surface area (Å²) in [5.74, 6) is 0. The van der Waals surface area contributed by atoms with Gasteiger partial charge in [-0.3, -0.25) is 0 Å². The Balaban J connectivity index is 1.18. The predicted octanol–water partition coefficient (Wildman–Crippen LogP) is 15.6. The molecule has 0 spiro atoms. The molecular formula is C56H33N3O. The molecule has 0 aliphatic carbocycles. The number of hydrogen-bond donors (Lipinski definition) is 0. The van der Waals surface area contributed by atoms with Crippen LogP contribution in [0.3, 0.4) is 0 Å². The lowest BCUT2D eigenvalue weighted by Gasteiger charge is -2.31. The topological polar surface area (TPSA) is 25.2 Å². The van der Waals surface area contributed by atoms with Crippen molar-refractivity contribution < 1.29 is 4.42 Å². The summed E-state index contributed by atoms with van der Waals surface area (Å²) >= 11 is 0. The van der Waals surface area contributed by atoms with Gasteiger partial charge in [0.2, 0.25) is 0 Å². The summed E-state index contributed by atoms with van der Waals surface area (Å²) in [5.41, 5.74) is 14.5. The minimum Gasteiger partial charge on any atom is -0.456 e. The molecule has 10 aromatic carbocycles. The predicted molar refractivity (Wildman–Crippen MR) is 252 cm³/mol. The Labute approximate surface area is 343 Å². The van der Waals surface area contributed by atoms with Crippen LogP contribution in [0, 0.1) is 0 Å². The summed E-state index contributed by atoms with van der Waals surface area (Å²) in [6.07, 6.45) is 0. The van der Waals surface area contributed by atoms with Crippen molar-refractivity contribution in [3.8, 4) is 11.1 Å². The summed E-state index contributed by atoms with van der Waals surface area (Å²) in [4.78, 5) is 2.48. The molecule has 4 aromatic heterocycles. The fraction of sp³-hybridized carbons (Fsp3) is 0. The second kappa shape index (κ2) is 11.8. The Kier molecular flexibility index (Phi) is 6.26. The van der Waals surface area contributed by atoms with Gasteiger partial charge in [-0.2, -0.15) is 0 Å². The molecule has 14 aromatic rings. The third-order valence-electron chi connectivity index (χ3n) is 13.0. The van der Waals surface area contributed by atoms with E-state index in [1.165, 1.54) is 70.7 Å². The number of benzene rings is 10. The van der Waals surface area contributed by atoms with Crippen molar-refractivity contribution in [3.63, 3.8) is 0 Å². The van der Waals surface area contributed by atoms with E-state index in [9.17, 15) is 0 Å². The molecule has 4 heteroatoms. The summed E-state index contributed by atoms with van der Waals surface area (Å²) in [6.45, 7) is 0. The van der Waals surface area contributed by atoms with Gasteiger partial charge in [-0.1, -0.05) is 146 Å². The van der Waals surface area contributed by atoms with Gasteiger partial charge >= 0.3 is 0 Å². The van der Waals surface area contributed by atoms with Gasteiger partial charge in [-0.15, -0.1) is 0 Å². The van der Waals surface area contributed by atoms with Gasteiger partial charge in [0.1, 0.15) is 11.2 Å². The van der Waals surface area contributed by atoms with Crippen molar-refractivity contribution in [1.29, 1.82) is 0 Å². The minimum atomic E-state index is 0.858. The lowest BCUT2D eigenvalue weighted by Crippen LogP contribution is -2.13. The van der Waals surface area contributed by atoms with E-state index in [0.717, 1.165) is 55.6 Å². The number of nitrogens with zero attached hydrogens (tertiary/aromatic N) is 3. The highest BCUT2D eigenvalue weighted by atomic mass is 16.3. The highest BCUT2D eigenvalue weighted by Gasteiger charge is 2.27. The molecule has 0 bridgehead atoms. The zero-order chi connectivity index (χ0) is 39.1. The van der Waals surface area contributed by atoms with Crippen molar-refractivity contribution in [3.05, 3.63) is 200 Å². The summed E-state index contributed by atoms with van der Waals surface area (Å²) in [6, 6.07) is 73.1. The van der Waals surface area contributed by atoms with E-state index in [-0.39, 0.29) is 0 Å². The van der Waals surface area contributed by atoms with E-state index in [1.54, 1.807) is 0 Å². The van der Waals surface area contributed by atoms with Crippen molar-refractivity contribution in [2.75, 3.05) is 4.90 Å². The first kappa shape index (κ1) is 31.9. The van der Waals surface area contributed by atoms with E-state index < -0.39 is 0 Å². The molecule has 0 atom stereocenters. The van der Waals surface area contributed by atoms with E-state index >= 15 is 0 Å².